The average molecular weight is 286 g/mol. The van der Waals surface area contributed by atoms with Crippen LogP contribution in [0.3, 0.4) is 0 Å². The summed E-state index contributed by atoms with van der Waals surface area (Å²) in [4.78, 5) is 26.9. The summed E-state index contributed by atoms with van der Waals surface area (Å²) in [5.74, 6) is -2.65. The van der Waals surface area contributed by atoms with Crippen LogP contribution in [0.1, 0.15) is 5.69 Å². The van der Waals surface area contributed by atoms with Crippen molar-refractivity contribution in [1.82, 2.24) is 10.4 Å². The summed E-state index contributed by atoms with van der Waals surface area (Å²) in [6.45, 7) is 0. The molecule has 6 nitrogen and oxygen atoms in total. The first-order chi connectivity index (χ1) is 10.2. The number of nitrogens with zero attached hydrogens (tertiary/aromatic N) is 2. The Balaban J connectivity index is 1.90. The van der Waals surface area contributed by atoms with Crippen molar-refractivity contribution < 1.29 is 14.0 Å². The van der Waals surface area contributed by atoms with E-state index in [4.69, 9.17) is 0 Å². The molecule has 0 aliphatic rings. The van der Waals surface area contributed by atoms with Gasteiger partial charge >= 0.3 is 11.8 Å². The highest BCUT2D eigenvalue weighted by atomic mass is 19.1. The minimum Gasteiger partial charge on any atom is -0.315 e. The minimum absolute atomic E-state index is 0.0774. The van der Waals surface area contributed by atoms with Gasteiger partial charge < -0.3 is 5.32 Å². The van der Waals surface area contributed by atoms with Crippen molar-refractivity contribution >= 4 is 23.7 Å². The lowest BCUT2D eigenvalue weighted by atomic mass is 10.3. The molecule has 0 saturated heterocycles. The number of anilines is 1. The number of nitrogens with one attached hydrogen (secondary N) is 2. The van der Waals surface area contributed by atoms with Crippen LogP contribution in [0.5, 0.6) is 0 Å². The Kier molecular flexibility index (Phi) is 4.70. The number of benzene rings is 1. The third kappa shape index (κ3) is 4.20. The van der Waals surface area contributed by atoms with Crippen LogP contribution in [-0.2, 0) is 9.59 Å². The average Bonchev–Trinajstić information content (AvgIpc) is 2.50. The van der Waals surface area contributed by atoms with Crippen LogP contribution in [-0.4, -0.2) is 23.0 Å². The standard InChI is InChI=1S/C14H11FN4O2/c15-11-6-1-2-7-12(11)18-13(20)14(21)19-17-9-10-5-3-4-8-16-10/h1-9H,(H,18,20)(H,19,21). The number of hydrogen-bond donors (Lipinski definition) is 2. The molecule has 0 saturated carbocycles. The Labute approximate surface area is 119 Å². The maximum atomic E-state index is 13.3. The second kappa shape index (κ2) is 6.90. The SMILES string of the molecule is O=C(NN=Cc1ccccn1)C(=O)Nc1ccccc1F. The molecule has 7 heteroatoms. The first kappa shape index (κ1) is 14.3. The maximum Gasteiger partial charge on any atom is 0.329 e. The van der Waals surface area contributed by atoms with Crippen molar-refractivity contribution in [2.45, 2.75) is 0 Å². The van der Waals surface area contributed by atoms with Crippen molar-refractivity contribution in [2.24, 2.45) is 5.10 Å². The van der Waals surface area contributed by atoms with Crippen LogP contribution in [0.2, 0.25) is 0 Å². The van der Waals surface area contributed by atoms with E-state index in [-0.39, 0.29) is 5.69 Å². The Hall–Kier alpha value is -3.09. The lowest BCUT2D eigenvalue weighted by Crippen LogP contribution is -2.32. The van der Waals surface area contributed by atoms with E-state index in [1.165, 1.54) is 30.5 Å². The number of pyridine rings is 1. The van der Waals surface area contributed by atoms with Crippen LogP contribution in [0, 0.1) is 5.82 Å². The van der Waals surface area contributed by atoms with Gasteiger partial charge in [-0.05, 0) is 24.3 Å². The highest BCUT2D eigenvalue weighted by molar-refractivity contribution is 6.39. The van der Waals surface area contributed by atoms with Crippen LogP contribution in [0.15, 0.2) is 53.8 Å². The third-order valence-corrected chi connectivity index (χ3v) is 2.38. The molecule has 21 heavy (non-hydrogen) atoms. The molecular formula is C14H11FN4O2. The summed E-state index contributed by atoms with van der Waals surface area (Å²) in [5, 5.41) is 5.73. The molecule has 2 N–H and O–H groups in total. The topological polar surface area (TPSA) is 83.5 Å². The van der Waals surface area contributed by atoms with E-state index >= 15 is 0 Å². The number of halogens is 1. The molecule has 2 rings (SSSR count). The van der Waals surface area contributed by atoms with Crippen LogP contribution >= 0.6 is 0 Å². The molecule has 1 aromatic carbocycles. The van der Waals surface area contributed by atoms with Gasteiger partial charge in [0, 0.05) is 6.20 Å². The molecule has 2 amide bonds. The fourth-order valence-corrected chi connectivity index (χ4v) is 1.40. The Morgan fingerprint density at radius 3 is 2.57 bits per heavy atom. The monoisotopic (exact) mass is 286 g/mol. The Morgan fingerprint density at radius 1 is 1.10 bits per heavy atom. The van der Waals surface area contributed by atoms with Crippen LogP contribution in [0.25, 0.3) is 0 Å². The minimum atomic E-state index is -1.02. The van der Waals surface area contributed by atoms with Crippen molar-refractivity contribution in [3.63, 3.8) is 0 Å². The largest absolute Gasteiger partial charge is 0.329 e. The summed E-state index contributed by atoms with van der Waals surface area (Å²) in [6.07, 6.45) is 2.85. The first-order valence-electron chi connectivity index (χ1n) is 5.97. The summed E-state index contributed by atoms with van der Waals surface area (Å²) in [5.41, 5.74) is 2.47. The predicted molar refractivity (Wildman–Crippen MR) is 75.0 cm³/mol. The number of carbonyl (C=O) groups is 2. The molecule has 0 aliphatic carbocycles. The number of para-hydroxylation sites is 1. The summed E-state index contributed by atoms with van der Waals surface area (Å²) < 4.78 is 13.3. The number of carbonyl (C=O) groups excluding carboxylic acids is 2. The maximum absolute atomic E-state index is 13.3. The van der Waals surface area contributed by atoms with E-state index in [1.807, 2.05) is 5.43 Å². The molecule has 1 aromatic heterocycles. The van der Waals surface area contributed by atoms with Gasteiger partial charge in [0.05, 0.1) is 17.6 Å². The molecular weight excluding hydrogens is 275 g/mol. The summed E-state index contributed by atoms with van der Waals surface area (Å²) in [6, 6.07) is 10.7. The normalized spacial score (nSPS) is 10.3. The van der Waals surface area contributed by atoms with Crippen LogP contribution < -0.4 is 10.7 Å². The van der Waals surface area contributed by atoms with E-state index in [2.05, 4.69) is 15.4 Å². The molecule has 0 spiro atoms. The van der Waals surface area contributed by atoms with E-state index in [9.17, 15) is 14.0 Å². The van der Waals surface area contributed by atoms with E-state index in [0.717, 1.165) is 0 Å². The molecule has 0 bridgehead atoms. The van der Waals surface area contributed by atoms with Crippen molar-refractivity contribution in [1.29, 1.82) is 0 Å². The van der Waals surface area contributed by atoms with Gasteiger partial charge in [-0.3, -0.25) is 14.6 Å². The van der Waals surface area contributed by atoms with Crippen molar-refractivity contribution in [3.8, 4) is 0 Å². The molecule has 0 atom stereocenters. The smallest absolute Gasteiger partial charge is 0.315 e. The van der Waals surface area contributed by atoms with Crippen molar-refractivity contribution in [3.05, 3.63) is 60.2 Å². The number of rotatable bonds is 3. The van der Waals surface area contributed by atoms with Gasteiger partial charge in [0.15, 0.2) is 0 Å². The summed E-state index contributed by atoms with van der Waals surface area (Å²) >= 11 is 0. The number of hydrogen-bond acceptors (Lipinski definition) is 4. The molecule has 0 radical (unpaired) electrons. The molecule has 106 valence electrons. The van der Waals surface area contributed by atoms with Gasteiger partial charge in [0.1, 0.15) is 5.82 Å². The molecule has 0 unspecified atom stereocenters. The van der Waals surface area contributed by atoms with Gasteiger partial charge in [-0.15, -0.1) is 0 Å². The van der Waals surface area contributed by atoms with Gasteiger partial charge in [-0.25, -0.2) is 9.82 Å². The molecule has 0 aliphatic heterocycles. The second-order valence-electron chi connectivity index (χ2n) is 3.89. The highest BCUT2D eigenvalue weighted by Crippen LogP contribution is 2.11. The number of amides is 2. The third-order valence-electron chi connectivity index (χ3n) is 2.38. The predicted octanol–water partition coefficient (Wildman–Crippen LogP) is 1.31. The first-order valence-corrected chi connectivity index (χ1v) is 5.97. The zero-order chi connectivity index (χ0) is 15.1. The molecule has 0 fully saturated rings. The van der Waals surface area contributed by atoms with Gasteiger partial charge in [-0.1, -0.05) is 18.2 Å². The quantitative estimate of drug-likeness (QED) is 0.507. The zero-order valence-electron chi connectivity index (χ0n) is 10.8. The zero-order valence-corrected chi connectivity index (χ0v) is 10.8. The van der Waals surface area contributed by atoms with E-state index in [0.29, 0.717) is 5.69 Å². The molecule has 2 aromatic rings. The Bertz CT molecular complexity index is 674. The van der Waals surface area contributed by atoms with Gasteiger partial charge in [-0.2, -0.15) is 5.10 Å². The fraction of sp³-hybridized carbons (Fsp3) is 0. The second-order valence-corrected chi connectivity index (χ2v) is 3.89. The van der Waals surface area contributed by atoms with Crippen LogP contribution in [0.4, 0.5) is 10.1 Å². The molecule has 1 heterocycles. The summed E-state index contributed by atoms with van der Waals surface area (Å²) in [7, 11) is 0. The van der Waals surface area contributed by atoms with E-state index < -0.39 is 17.6 Å². The fourth-order valence-electron chi connectivity index (χ4n) is 1.40. The lowest BCUT2D eigenvalue weighted by Gasteiger charge is -2.04. The van der Waals surface area contributed by atoms with E-state index in [1.54, 1.807) is 24.4 Å². The Morgan fingerprint density at radius 2 is 1.86 bits per heavy atom. The van der Waals surface area contributed by atoms with Gasteiger partial charge in [0.2, 0.25) is 0 Å². The van der Waals surface area contributed by atoms with Gasteiger partial charge in [0.25, 0.3) is 0 Å². The lowest BCUT2D eigenvalue weighted by molar-refractivity contribution is -0.136. The number of aromatic nitrogens is 1. The number of hydrazone groups is 1. The highest BCUT2D eigenvalue weighted by Gasteiger charge is 2.14. The van der Waals surface area contributed by atoms with Crippen molar-refractivity contribution in [2.75, 3.05) is 5.32 Å².